The van der Waals surface area contributed by atoms with E-state index in [1.165, 1.54) is 16.8 Å². The van der Waals surface area contributed by atoms with Crippen LogP contribution in [0.4, 0.5) is 14.7 Å². The van der Waals surface area contributed by atoms with Gasteiger partial charge in [-0.25, -0.2) is 18.4 Å². The standard InChI is InChI=1S/C12H9F2N5/c1-7-6-19(12(16)18-7)17-5-9-3-2-8(4-15)10(13)11(9)14/h2-3,5-6H,1H3,(H2,16,18). The van der Waals surface area contributed by atoms with E-state index in [1.807, 2.05) is 0 Å². The van der Waals surface area contributed by atoms with Crippen LogP contribution in [0.25, 0.3) is 0 Å². The van der Waals surface area contributed by atoms with Gasteiger partial charge < -0.3 is 5.73 Å². The van der Waals surface area contributed by atoms with Crippen LogP contribution in [0.15, 0.2) is 23.4 Å². The molecular weight excluding hydrogens is 252 g/mol. The largest absolute Gasteiger partial charge is 0.368 e. The van der Waals surface area contributed by atoms with Gasteiger partial charge in [-0.2, -0.15) is 10.4 Å². The van der Waals surface area contributed by atoms with Crippen LogP contribution >= 0.6 is 0 Å². The van der Waals surface area contributed by atoms with Crippen molar-refractivity contribution in [2.45, 2.75) is 6.92 Å². The van der Waals surface area contributed by atoms with Crippen LogP contribution in [-0.2, 0) is 0 Å². The van der Waals surface area contributed by atoms with E-state index in [1.54, 1.807) is 19.2 Å². The van der Waals surface area contributed by atoms with Gasteiger partial charge in [-0.15, -0.1) is 0 Å². The van der Waals surface area contributed by atoms with Gasteiger partial charge in [0.1, 0.15) is 6.07 Å². The number of rotatable bonds is 2. The Bertz CT molecular complexity index is 697. The molecule has 0 saturated heterocycles. The van der Waals surface area contributed by atoms with Gasteiger partial charge in [-0.05, 0) is 19.1 Å². The molecule has 0 spiro atoms. The lowest BCUT2D eigenvalue weighted by Gasteiger charge is -2.00. The maximum atomic E-state index is 13.6. The minimum atomic E-state index is -1.19. The third-order valence-electron chi connectivity index (χ3n) is 2.39. The Morgan fingerprint density at radius 3 is 2.74 bits per heavy atom. The summed E-state index contributed by atoms with van der Waals surface area (Å²) in [4.78, 5) is 3.91. The Hall–Kier alpha value is -2.75. The number of nitrogens with zero attached hydrogens (tertiary/aromatic N) is 4. The Labute approximate surface area is 107 Å². The van der Waals surface area contributed by atoms with Gasteiger partial charge in [0.05, 0.1) is 23.7 Å². The number of imidazole rings is 1. The minimum absolute atomic E-state index is 0.0812. The number of hydrogen-bond donors (Lipinski definition) is 1. The van der Waals surface area contributed by atoms with Crippen molar-refractivity contribution in [3.63, 3.8) is 0 Å². The summed E-state index contributed by atoms with van der Waals surface area (Å²) in [6, 6.07) is 4.00. The van der Waals surface area contributed by atoms with Crippen LogP contribution in [0, 0.1) is 29.9 Å². The second kappa shape index (κ2) is 4.86. The number of hydrogen-bond acceptors (Lipinski definition) is 4. The molecule has 1 heterocycles. The summed E-state index contributed by atoms with van der Waals surface area (Å²) in [6.07, 6.45) is 2.65. The fourth-order valence-electron chi connectivity index (χ4n) is 1.47. The molecule has 1 aromatic carbocycles. The number of aryl methyl sites for hydroxylation is 1. The van der Waals surface area contributed by atoms with Crippen molar-refractivity contribution in [1.82, 2.24) is 9.66 Å². The van der Waals surface area contributed by atoms with Crippen molar-refractivity contribution in [2.24, 2.45) is 5.10 Å². The monoisotopic (exact) mass is 261 g/mol. The predicted octanol–water partition coefficient (Wildman–Crippen LogP) is 1.81. The Morgan fingerprint density at radius 2 is 2.16 bits per heavy atom. The molecule has 19 heavy (non-hydrogen) atoms. The van der Waals surface area contributed by atoms with Crippen molar-refractivity contribution in [3.8, 4) is 6.07 Å². The fourth-order valence-corrected chi connectivity index (χ4v) is 1.47. The molecule has 0 atom stereocenters. The first-order valence-corrected chi connectivity index (χ1v) is 5.27. The zero-order chi connectivity index (χ0) is 14.0. The van der Waals surface area contributed by atoms with Gasteiger partial charge >= 0.3 is 0 Å². The fraction of sp³-hybridized carbons (Fsp3) is 0.0833. The molecule has 5 nitrogen and oxygen atoms in total. The van der Waals surface area contributed by atoms with Crippen molar-refractivity contribution >= 4 is 12.2 Å². The highest BCUT2D eigenvalue weighted by Crippen LogP contribution is 2.14. The summed E-state index contributed by atoms with van der Waals surface area (Å²) in [5.74, 6) is -2.18. The smallest absolute Gasteiger partial charge is 0.221 e. The lowest BCUT2D eigenvalue weighted by Crippen LogP contribution is -2.00. The van der Waals surface area contributed by atoms with E-state index in [0.29, 0.717) is 5.69 Å². The lowest BCUT2D eigenvalue weighted by molar-refractivity contribution is 0.505. The first-order chi connectivity index (χ1) is 9.02. The number of aromatic nitrogens is 2. The average Bonchev–Trinajstić information content (AvgIpc) is 2.70. The Morgan fingerprint density at radius 1 is 1.42 bits per heavy atom. The zero-order valence-corrected chi connectivity index (χ0v) is 9.93. The lowest BCUT2D eigenvalue weighted by atomic mass is 10.1. The highest BCUT2D eigenvalue weighted by Gasteiger charge is 2.11. The molecule has 0 amide bonds. The van der Waals surface area contributed by atoms with E-state index in [2.05, 4.69) is 10.1 Å². The molecule has 0 saturated carbocycles. The number of anilines is 1. The topological polar surface area (TPSA) is 80.0 Å². The number of nitrogen functional groups attached to an aromatic ring is 1. The Kier molecular flexibility index (Phi) is 3.25. The maximum absolute atomic E-state index is 13.6. The van der Waals surface area contributed by atoms with Crippen LogP contribution in [0.1, 0.15) is 16.8 Å². The summed E-state index contributed by atoms with van der Waals surface area (Å²) in [5, 5.41) is 12.4. The van der Waals surface area contributed by atoms with Gasteiger partial charge in [0.15, 0.2) is 11.6 Å². The van der Waals surface area contributed by atoms with Gasteiger partial charge in [-0.3, -0.25) is 0 Å². The summed E-state index contributed by atoms with van der Waals surface area (Å²) >= 11 is 0. The number of nitriles is 1. The van der Waals surface area contributed by atoms with Crippen molar-refractivity contribution in [3.05, 3.63) is 46.8 Å². The van der Waals surface area contributed by atoms with Gasteiger partial charge in [0.25, 0.3) is 0 Å². The predicted molar refractivity (Wildman–Crippen MR) is 65.4 cm³/mol. The SMILES string of the molecule is Cc1cn(N=Cc2ccc(C#N)c(F)c2F)c(N)n1. The van der Waals surface area contributed by atoms with Crippen LogP contribution in [0.5, 0.6) is 0 Å². The molecule has 0 aliphatic rings. The van der Waals surface area contributed by atoms with Crippen molar-refractivity contribution in [2.75, 3.05) is 5.73 Å². The quantitative estimate of drug-likeness (QED) is 0.837. The molecule has 0 aliphatic heterocycles. The second-order valence-electron chi connectivity index (χ2n) is 3.77. The number of nitrogens with two attached hydrogens (primary N) is 1. The third-order valence-corrected chi connectivity index (χ3v) is 2.39. The highest BCUT2D eigenvalue weighted by molar-refractivity contribution is 5.80. The van der Waals surface area contributed by atoms with Crippen molar-refractivity contribution in [1.29, 1.82) is 5.26 Å². The maximum Gasteiger partial charge on any atom is 0.221 e. The summed E-state index contributed by atoms with van der Waals surface area (Å²) in [7, 11) is 0. The Balaban J connectivity index is 2.37. The molecule has 96 valence electrons. The molecule has 1 aromatic heterocycles. The van der Waals surface area contributed by atoms with Crippen LogP contribution in [-0.4, -0.2) is 15.9 Å². The van der Waals surface area contributed by atoms with E-state index < -0.39 is 11.6 Å². The molecule has 2 aromatic rings. The van der Waals surface area contributed by atoms with Gasteiger partial charge in [0.2, 0.25) is 5.95 Å². The first kappa shape index (κ1) is 12.7. The molecule has 0 aliphatic carbocycles. The second-order valence-corrected chi connectivity index (χ2v) is 3.77. The van der Waals surface area contributed by atoms with E-state index in [9.17, 15) is 8.78 Å². The van der Waals surface area contributed by atoms with Crippen molar-refractivity contribution < 1.29 is 8.78 Å². The van der Waals surface area contributed by atoms with E-state index in [0.717, 1.165) is 6.21 Å². The van der Waals surface area contributed by atoms with E-state index >= 15 is 0 Å². The normalized spacial score (nSPS) is 10.8. The summed E-state index contributed by atoms with van der Waals surface area (Å²) in [6.45, 7) is 1.73. The zero-order valence-electron chi connectivity index (χ0n) is 9.93. The molecule has 0 radical (unpaired) electrons. The molecule has 7 heteroatoms. The summed E-state index contributed by atoms with van der Waals surface area (Å²) in [5.41, 5.74) is 5.76. The molecule has 2 N–H and O–H groups in total. The third kappa shape index (κ3) is 2.42. The van der Waals surface area contributed by atoms with E-state index in [-0.39, 0.29) is 17.1 Å². The minimum Gasteiger partial charge on any atom is -0.368 e. The molecule has 0 fully saturated rings. The van der Waals surface area contributed by atoms with Gasteiger partial charge in [0, 0.05) is 5.56 Å². The van der Waals surface area contributed by atoms with Crippen LogP contribution in [0.3, 0.4) is 0 Å². The average molecular weight is 261 g/mol. The molecule has 0 unspecified atom stereocenters. The van der Waals surface area contributed by atoms with Crippen LogP contribution < -0.4 is 5.73 Å². The number of benzene rings is 1. The van der Waals surface area contributed by atoms with Gasteiger partial charge in [-0.1, -0.05) is 0 Å². The van der Waals surface area contributed by atoms with Crippen LogP contribution in [0.2, 0.25) is 0 Å². The number of halogens is 2. The summed E-state index contributed by atoms with van der Waals surface area (Å²) < 4.78 is 28.2. The van der Waals surface area contributed by atoms with E-state index in [4.69, 9.17) is 11.0 Å². The molecule has 2 rings (SSSR count). The molecule has 0 bridgehead atoms. The molecular formula is C12H9F2N5. The highest BCUT2D eigenvalue weighted by atomic mass is 19.2. The first-order valence-electron chi connectivity index (χ1n) is 5.27.